The fourth-order valence-electron chi connectivity index (χ4n) is 2.76. The van der Waals surface area contributed by atoms with Crippen molar-refractivity contribution >= 4 is 27.4 Å². The maximum absolute atomic E-state index is 5.96. The maximum Gasteiger partial charge on any atom is 0.147 e. The molecule has 4 nitrogen and oxygen atoms in total. The largest absolute Gasteiger partial charge is 0.368 e. The molecule has 2 aromatic rings. The van der Waals surface area contributed by atoms with Gasteiger partial charge in [0.1, 0.15) is 12.1 Å². The molecule has 1 saturated carbocycles. The number of hydrogen-bond donors (Lipinski definition) is 2. The lowest BCUT2D eigenvalue weighted by molar-refractivity contribution is 0.332. The molecule has 2 aromatic heterocycles. The van der Waals surface area contributed by atoms with Crippen LogP contribution in [0.15, 0.2) is 17.8 Å². The Labute approximate surface area is 111 Å². The van der Waals surface area contributed by atoms with Crippen LogP contribution in [0.1, 0.15) is 25.7 Å². The van der Waals surface area contributed by atoms with Gasteiger partial charge in [-0.25, -0.2) is 9.97 Å². The molecular formula is C13H18N4S. The van der Waals surface area contributed by atoms with Gasteiger partial charge in [-0.3, -0.25) is 0 Å². The highest BCUT2D eigenvalue weighted by Gasteiger charge is 2.32. The van der Waals surface area contributed by atoms with Crippen molar-refractivity contribution in [3.63, 3.8) is 0 Å². The minimum Gasteiger partial charge on any atom is -0.368 e. The minimum absolute atomic E-state index is 0.272. The van der Waals surface area contributed by atoms with Crippen LogP contribution >= 0.6 is 11.3 Å². The lowest BCUT2D eigenvalue weighted by Crippen LogP contribution is -2.34. The Kier molecular flexibility index (Phi) is 3.18. The molecule has 0 atom stereocenters. The normalized spacial score (nSPS) is 18.3. The molecular weight excluding hydrogens is 244 g/mol. The summed E-state index contributed by atoms with van der Waals surface area (Å²) in [6.45, 7) is 1.69. The van der Waals surface area contributed by atoms with Crippen molar-refractivity contribution in [3.8, 4) is 0 Å². The summed E-state index contributed by atoms with van der Waals surface area (Å²) in [5, 5.41) is 5.54. The monoisotopic (exact) mass is 262 g/mol. The van der Waals surface area contributed by atoms with Gasteiger partial charge in [0.15, 0.2) is 0 Å². The Balaban J connectivity index is 1.78. The number of nitrogens with zero attached hydrogens (tertiary/aromatic N) is 2. The summed E-state index contributed by atoms with van der Waals surface area (Å²) < 4.78 is 1.14. The molecule has 2 heterocycles. The first-order chi connectivity index (χ1) is 8.83. The highest BCUT2D eigenvalue weighted by atomic mass is 32.1. The van der Waals surface area contributed by atoms with Crippen LogP contribution in [0.4, 0.5) is 5.82 Å². The molecule has 1 aliphatic rings. The molecule has 3 N–H and O–H groups in total. The zero-order chi connectivity index (χ0) is 12.4. The Bertz CT molecular complexity index is 531. The van der Waals surface area contributed by atoms with Crippen LogP contribution in [0, 0.1) is 5.41 Å². The first-order valence-electron chi connectivity index (χ1n) is 6.45. The number of nitrogens with one attached hydrogen (secondary N) is 1. The molecule has 0 amide bonds. The number of thiophene rings is 1. The van der Waals surface area contributed by atoms with Gasteiger partial charge in [0.05, 0.1) is 10.2 Å². The van der Waals surface area contributed by atoms with E-state index in [-0.39, 0.29) is 5.41 Å². The van der Waals surface area contributed by atoms with Crippen molar-refractivity contribution in [1.82, 2.24) is 9.97 Å². The quantitative estimate of drug-likeness (QED) is 0.889. The molecule has 0 bridgehead atoms. The average molecular weight is 262 g/mol. The van der Waals surface area contributed by atoms with Crippen molar-refractivity contribution in [2.75, 3.05) is 18.4 Å². The fraction of sp³-hybridized carbons (Fsp3) is 0.538. The lowest BCUT2D eigenvalue weighted by Gasteiger charge is -2.27. The molecule has 0 radical (unpaired) electrons. The summed E-state index contributed by atoms with van der Waals surface area (Å²) in [6, 6.07) is 2.03. The van der Waals surface area contributed by atoms with E-state index in [2.05, 4.69) is 20.7 Å². The van der Waals surface area contributed by atoms with Crippen LogP contribution in [0.2, 0.25) is 0 Å². The molecule has 0 aliphatic heterocycles. The van der Waals surface area contributed by atoms with Crippen molar-refractivity contribution in [2.24, 2.45) is 11.1 Å². The third-order valence-corrected chi connectivity index (χ3v) is 4.88. The second kappa shape index (κ2) is 4.82. The van der Waals surface area contributed by atoms with Gasteiger partial charge < -0.3 is 11.1 Å². The third kappa shape index (κ3) is 2.08. The Morgan fingerprint density at radius 2 is 2.17 bits per heavy atom. The predicted octanol–water partition coefficient (Wildman–Crippen LogP) is 2.62. The van der Waals surface area contributed by atoms with E-state index in [1.165, 1.54) is 25.7 Å². The SMILES string of the molecule is NCC1(CNc2ncnc3ccsc23)CCCC1. The van der Waals surface area contributed by atoms with Crippen LogP contribution in [0.5, 0.6) is 0 Å². The molecule has 0 spiro atoms. The van der Waals surface area contributed by atoms with Crippen LogP contribution in [-0.4, -0.2) is 23.1 Å². The van der Waals surface area contributed by atoms with Gasteiger partial charge >= 0.3 is 0 Å². The van der Waals surface area contributed by atoms with E-state index in [0.717, 1.165) is 29.1 Å². The molecule has 1 aliphatic carbocycles. The zero-order valence-corrected chi connectivity index (χ0v) is 11.2. The van der Waals surface area contributed by atoms with Crippen molar-refractivity contribution in [2.45, 2.75) is 25.7 Å². The second-order valence-corrected chi connectivity index (χ2v) is 6.04. The molecule has 0 unspecified atom stereocenters. The Hall–Kier alpha value is -1.20. The van der Waals surface area contributed by atoms with E-state index in [4.69, 9.17) is 5.73 Å². The number of anilines is 1. The van der Waals surface area contributed by atoms with Crippen LogP contribution in [-0.2, 0) is 0 Å². The molecule has 3 rings (SSSR count). The average Bonchev–Trinajstić information content (AvgIpc) is 3.06. The van der Waals surface area contributed by atoms with Crippen LogP contribution in [0.25, 0.3) is 10.2 Å². The van der Waals surface area contributed by atoms with E-state index in [0.29, 0.717) is 0 Å². The summed E-state index contributed by atoms with van der Waals surface area (Å²) in [7, 11) is 0. The lowest BCUT2D eigenvalue weighted by atomic mass is 9.86. The standard InChI is InChI=1S/C13H18N4S/c14-7-13(4-1-2-5-13)8-15-12-11-10(3-6-18-11)16-9-17-12/h3,6,9H,1-2,4-5,7-8,14H2,(H,15,16,17). The highest BCUT2D eigenvalue weighted by Crippen LogP contribution is 2.37. The van der Waals surface area contributed by atoms with Gasteiger partial charge in [-0.15, -0.1) is 11.3 Å². The number of hydrogen-bond acceptors (Lipinski definition) is 5. The molecule has 96 valence electrons. The number of nitrogens with two attached hydrogens (primary N) is 1. The molecule has 1 fully saturated rings. The Morgan fingerprint density at radius 1 is 1.33 bits per heavy atom. The first-order valence-corrected chi connectivity index (χ1v) is 7.33. The van der Waals surface area contributed by atoms with Crippen molar-refractivity contribution in [3.05, 3.63) is 17.8 Å². The van der Waals surface area contributed by atoms with Gasteiger partial charge in [0, 0.05) is 6.54 Å². The number of rotatable bonds is 4. The summed E-state index contributed by atoms with van der Waals surface area (Å²) in [5.41, 5.74) is 7.25. The van der Waals surface area contributed by atoms with Crippen LogP contribution in [0.3, 0.4) is 0 Å². The molecule has 0 saturated heterocycles. The smallest absolute Gasteiger partial charge is 0.147 e. The predicted molar refractivity (Wildman–Crippen MR) is 75.9 cm³/mol. The van der Waals surface area contributed by atoms with Gasteiger partial charge in [-0.05, 0) is 36.2 Å². The topological polar surface area (TPSA) is 63.8 Å². The summed E-state index contributed by atoms with van der Waals surface area (Å²) >= 11 is 1.68. The third-order valence-electron chi connectivity index (χ3n) is 3.97. The summed E-state index contributed by atoms with van der Waals surface area (Å²) in [6.07, 6.45) is 6.69. The first kappa shape index (κ1) is 11.9. The van der Waals surface area contributed by atoms with E-state index in [1.807, 2.05) is 6.07 Å². The number of aromatic nitrogens is 2. The van der Waals surface area contributed by atoms with Gasteiger partial charge in [-0.2, -0.15) is 0 Å². The van der Waals surface area contributed by atoms with Gasteiger partial charge in [-0.1, -0.05) is 12.8 Å². The van der Waals surface area contributed by atoms with Crippen molar-refractivity contribution in [1.29, 1.82) is 0 Å². The maximum atomic E-state index is 5.96. The van der Waals surface area contributed by atoms with Crippen LogP contribution < -0.4 is 11.1 Å². The zero-order valence-electron chi connectivity index (χ0n) is 10.4. The highest BCUT2D eigenvalue weighted by molar-refractivity contribution is 7.17. The number of fused-ring (bicyclic) bond motifs is 1. The van der Waals surface area contributed by atoms with E-state index in [1.54, 1.807) is 17.7 Å². The summed E-state index contributed by atoms with van der Waals surface area (Å²) in [5.74, 6) is 0.953. The van der Waals surface area contributed by atoms with E-state index in [9.17, 15) is 0 Å². The van der Waals surface area contributed by atoms with Gasteiger partial charge in [0.2, 0.25) is 0 Å². The second-order valence-electron chi connectivity index (χ2n) is 5.12. The van der Waals surface area contributed by atoms with Gasteiger partial charge in [0.25, 0.3) is 0 Å². The summed E-state index contributed by atoms with van der Waals surface area (Å²) in [4.78, 5) is 8.61. The minimum atomic E-state index is 0.272. The fourth-order valence-corrected chi connectivity index (χ4v) is 3.58. The van der Waals surface area contributed by atoms with Crippen molar-refractivity contribution < 1.29 is 0 Å². The van der Waals surface area contributed by atoms with E-state index < -0.39 is 0 Å². The molecule has 5 heteroatoms. The molecule has 18 heavy (non-hydrogen) atoms. The van der Waals surface area contributed by atoms with E-state index >= 15 is 0 Å². The molecule has 0 aromatic carbocycles. The Morgan fingerprint density at radius 3 is 2.94 bits per heavy atom.